The molecule has 0 aromatic heterocycles. The van der Waals surface area contributed by atoms with Gasteiger partial charge in [-0.2, -0.15) is 11.8 Å². The number of nitrogens with one attached hydrogen (secondary N) is 1. The van der Waals surface area contributed by atoms with E-state index in [1.54, 1.807) is 11.8 Å². The Morgan fingerprint density at radius 1 is 1.48 bits per heavy atom. The summed E-state index contributed by atoms with van der Waals surface area (Å²) in [5.74, 6) is 1.51. The van der Waals surface area contributed by atoms with Crippen molar-refractivity contribution in [3.63, 3.8) is 0 Å². The van der Waals surface area contributed by atoms with E-state index in [0.29, 0.717) is 13.0 Å². The molecule has 3 N–H and O–H groups in total. The summed E-state index contributed by atoms with van der Waals surface area (Å²) in [5.41, 5.74) is 6.56. The van der Waals surface area contributed by atoms with Crippen LogP contribution in [0.4, 0.5) is 5.69 Å². The molecule has 4 nitrogen and oxygen atoms in total. The van der Waals surface area contributed by atoms with Gasteiger partial charge in [0.1, 0.15) is 5.75 Å². The number of carbonyl (C=O) groups excluding carboxylic acids is 1. The molecule has 0 fully saturated rings. The van der Waals surface area contributed by atoms with E-state index in [-0.39, 0.29) is 18.3 Å². The number of unbranched alkanes of at least 4 members (excludes halogenated alkanes) is 1. The minimum absolute atomic E-state index is 0. The molecular weight excluding hydrogens is 308 g/mol. The number of hydrogen-bond acceptors (Lipinski definition) is 4. The second kappa shape index (κ2) is 11.7. The fraction of sp³-hybridized carbons (Fsp3) is 0.533. The van der Waals surface area contributed by atoms with Crippen LogP contribution in [-0.2, 0) is 4.79 Å². The Hall–Kier alpha value is -0.910. The first kappa shape index (κ1) is 20.1. The smallest absolute Gasteiger partial charge is 0.241 e. The van der Waals surface area contributed by atoms with Crippen molar-refractivity contribution in [1.82, 2.24) is 0 Å². The zero-order valence-electron chi connectivity index (χ0n) is 12.6. The monoisotopic (exact) mass is 332 g/mol. The molecule has 0 unspecified atom stereocenters. The predicted octanol–water partition coefficient (Wildman–Crippen LogP) is 3.31. The molecule has 0 spiro atoms. The lowest BCUT2D eigenvalue weighted by Gasteiger charge is -2.12. The zero-order valence-corrected chi connectivity index (χ0v) is 14.3. The van der Waals surface area contributed by atoms with Crippen LogP contribution >= 0.6 is 24.2 Å². The second-order valence-electron chi connectivity index (χ2n) is 4.61. The van der Waals surface area contributed by atoms with Gasteiger partial charge in [0, 0.05) is 11.8 Å². The van der Waals surface area contributed by atoms with Gasteiger partial charge in [-0.3, -0.25) is 4.79 Å². The van der Waals surface area contributed by atoms with Gasteiger partial charge < -0.3 is 15.8 Å². The summed E-state index contributed by atoms with van der Waals surface area (Å²) in [6.07, 6.45) is 4.80. The Morgan fingerprint density at radius 3 is 2.90 bits per heavy atom. The molecule has 1 amide bonds. The van der Waals surface area contributed by atoms with E-state index < -0.39 is 6.04 Å². The van der Waals surface area contributed by atoms with Crippen molar-refractivity contribution in [1.29, 1.82) is 0 Å². The van der Waals surface area contributed by atoms with Crippen molar-refractivity contribution in [2.24, 2.45) is 5.73 Å². The van der Waals surface area contributed by atoms with Crippen molar-refractivity contribution in [2.45, 2.75) is 32.2 Å². The van der Waals surface area contributed by atoms with Crippen LogP contribution in [-0.4, -0.2) is 30.6 Å². The van der Waals surface area contributed by atoms with E-state index in [0.717, 1.165) is 30.0 Å². The number of benzene rings is 1. The van der Waals surface area contributed by atoms with Crippen LogP contribution in [0.15, 0.2) is 24.3 Å². The summed E-state index contributed by atoms with van der Waals surface area (Å²) in [6, 6.07) is 6.96. The summed E-state index contributed by atoms with van der Waals surface area (Å²) in [5, 5.41) is 2.83. The summed E-state index contributed by atoms with van der Waals surface area (Å²) in [6.45, 7) is 2.82. The highest BCUT2D eigenvalue weighted by molar-refractivity contribution is 7.98. The average Bonchev–Trinajstić information content (AvgIpc) is 2.45. The van der Waals surface area contributed by atoms with Crippen molar-refractivity contribution < 1.29 is 9.53 Å². The summed E-state index contributed by atoms with van der Waals surface area (Å²) >= 11 is 1.69. The molecule has 0 aliphatic heterocycles. The molecule has 0 aliphatic rings. The standard InChI is InChI=1S/C15H24N2O2S.ClH/c1-3-4-9-19-13-7-5-6-12(11-13)17-15(18)14(16)8-10-20-2;/h5-7,11,14H,3-4,8-10,16H2,1-2H3,(H,17,18);1H/t14-;/m0./s1. The molecule has 1 aromatic rings. The molecule has 6 heteroatoms. The third kappa shape index (κ3) is 8.19. The topological polar surface area (TPSA) is 64.3 Å². The molecule has 120 valence electrons. The van der Waals surface area contributed by atoms with Gasteiger partial charge in [-0.15, -0.1) is 12.4 Å². The lowest BCUT2D eigenvalue weighted by molar-refractivity contribution is -0.117. The number of anilines is 1. The largest absolute Gasteiger partial charge is 0.494 e. The van der Waals surface area contributed by atoms with Gasteiger partial charge in [-0.05, 0) is 37.0 Å². The molecule has 1 rings (SSSR count). The third-order valence-corrected chi connectivity index (χ3v) is 3.48. The molecule has 1 atom stereocenters. The number of rotatable bonds is 9. The highest BCUT2D eigenvalue weighted by atomic mass is 35.5. The molecule has 0 aliphatic carbocycles. The summed E-state index contributed by atoms with van der Waals surface area (Å²) in [4.78, 5) is 11.9. The van der Waals surface area contributed by atoms with Crippen LogP contribution in [0, 0.1) is 0 Å². The van der Waals surface area contributed by atoms with E-state index in [2.05, 4.69) is 12.2 Å². The minimum Gasteiger partial charge on any atom is -0.494 e. The van der Waals surface area contributed by atoms with Crippen molar-refractivity contribution in [3.8, 4) is 5.75 Å². The lowest BCUT2D eigenvalue weighted by atomic mass is 10.2. The molecule has 0 bridgehead atoms. The fourth-order valence-corrected chi connectivity index (χ4v) is 2.10. The number of hydrogen-bond donors (Lipinski definition) is 2. The van der Waals surface area contributed by atoms with Gasteiger partial charge in [0.2, 0.25) is 5.91 Å². The van der Waals surface area contributed by atoms with Crippen LogP contribution in [0.25, 0.3) is 0 Å². The molecule has 0 saturated carbocycles. The molecule has 1 aromatic carbocycles. The maximum atomic E-state index is 11.9. The van der Waals surface area contributed by atoms with Gasteiger partial charge >= 0.3 is 0 Å². The zero-order chi connectivity index (χ0) is 14.8. The second-order valence-corrected chi connectivity index (χ2v) is 5.59. The van der Waals surface area contributed by atoms with Gasteiger partial charge in [0.05, 0.1) is 12.6 Å². The van der Waals surface area contributed by atoms with Crippen LogP contribution in [0.1, 0.15) is 26.2 Å². The molecular formula is C15H25ClN2O2S. The Labute approximate surface area is 137 Å². The van der Waals surface area contributed by atoms with Gasteiger partial charge in [-0.1, -0.05) is 19.4 Å². The van der Waals surface area contributed by atoms with Crippen molar-refractivity contribution >= 4 is 35.8 Å². The first-order valence-electron chi connectivity index (χ1n) is 6.95. The molecule has 21 heavy (non-hydrogen) atoms. The number of amides is 1. The SMILES string of the molecule is CCCCOc1cccc(NC(=O)[C@@H](N)CCSC)c1.Cl. The van der Waals surface area contributed by atoms with E-state index >= 15 is 0 Å². The highest BCUT2D eigenvalue weighted by Gasteiger charge is 2.13. The average molecular weight is 333 g/mol. The number of thioether (sulfide) groups is 1. The highest BCUT2D eigenvalue weighted by Crippen LogP contribution is 2.18. The van der Waals surface area contributed by atoms with Crippen molar-refractivity contribution in [2.75, 3.05) is 23.9 Å². The number of nitrogens with two attached hydrogens (primary N) is 1. The Balaban J connectivity index is 0.00000400. The summed E-state index contributed by atoms with van der Waals surface area (Å²) in [7, 11) is 0. The minimum atomic E-state index is -0.466. The predicted molar refractivity (Wildman–Crippen MR) is 93.7 cm³/mol. The van der Waals surface area contributed by atoms with Crippen LogP contribution in [0.3, 0.4) is 0 Å². The van der Waals surface area contributed by atoms with Crippen molar-refractivity contribution in [3.05, 3.63) is 24.3 Å². The molecule has 0 heterocycles. The number of ether oxygens (including phenoxy) is 1. The van der Waals surface area contributed by atoms with Gasteiger partial charge in [0.15, 0.2) is 0 Å². The van der Waals surface area contributed by atoms with Crippen LogP contribution < -0.4 is 15.8 Å². The molecule has 0 radical (unpaired) electrons. The number of carbonyl (C=O) groups is 1. The summed E-state index contributed by atoms with van der Waals surface area (Å²) < 4.78 is 5.61. The van der Waals surface area contributed by atoms with Crippen LogP contribution in [0.5, 0.6) is 5.75 Å². The third-order valence-electron chi connectivity index (χ3n) is 2.84. The normalized spacial score (nSPS) is 11.4. The lowest BCUT2D eigenvalue weighted by Crippen LogP contribution is -2.36. The van der Waals surface area contributed by atoms with Gasteiger partial charge in [0.25, 0.3) is 0 Å². The first-order chi connectivity index (χ1) is 9.67. The van der Waals surface area contributed by atoms with E-state index in [1.165, 1.54) is 0 Å². The Morgan fingerprint density at radius 2 is 2.24 bits per heavy atom. The number of halogens is 1. The maximum absolute atomic E-state index is 11.9. The fourth-order valence-electron chi connectivity index (χ4n) is 1.61. The van der Waals surface area contributed by atoms with E-state index in [4.69, 9.17) is 10.5 Å². The van der Waals surface area contributed by atoms with Crippen LogP contribution in [0.2, 0.25) is 0 Å². The van der Waals surface area contributed by atoms with E-state index in [9.17, 15) is 4.79 Å². The Bertz CT molecular complexity index is 418. The molecule has 0 saturated heterocycles. The Kier molecular flexibility index (Phi) is 11.2. The maximum Gasteiger partial charge on any atom is 0.241 e. The van der Waals surface area contributed by atoms with Gasteiger partial charge in [-0.25, -0.2) is 0 Å². The van der Waals surface area contributed by atoms with E-state index in [1.807, 2.05) is 30.5 Å². The quantitative estimate of drug-likeness (QED) is 0.681. The first-order valence-corrected chi connectivity index (χ1v) is 8.35.